The number of aromatic amines is 1. The largest absolute Gasteiger partial charge is 0.408 e. The number of aryl methyl sites for hydroxylation is 1. The number of piperazine rings is 1. The number of rotatable bonds is 3. The summed E-state index contributed by atoms with van der Waals surface area (Å²) in [6.07, 6.45) is 2.15. The quantitative estimate of drug-likeness (QED) is 0.875. The van der Waals surface area contributed by atoms with Gasteiger partial charge in [-0.1, -0.05) is 12.0 Å². The minimum atomic E-state index is -0.218. The van der Waals surface area contributed by atoms with Crippen molar-refractivity contribution in [3.8, 4) is 0 Å². The lowest BCUT2D eigenvalue weighted by Gasteiger charge is -2.33. The molecule has 8 nitrogen and oxygen atoms in total. The topological polar surface area (TPSA) is 95.3 Å². The van der Waals surface area contributed by atoms with E-state index in [1.807, 2.05) is 11.8 Å². The first-order valence-electron chi connectivity index (χ1n) is 7.22. The van der Waals surface area contributed by atoms with E-state index < -0.39 is 0 Å². The third-order valence-electron chi connectivity index (χ3n) is 3.63. The van der Waals surface area contributed by atoms with E-state index in [4.69, 9.17) is 4.42 Å². The first-order chi connectivity index (χ1) is 10.7. The maximum Gasteiger partial charge on any atom is 0.318 e. The Labute approximate surface area is 126 Å². The van der Waals surface area contributed by atoms with Crippen molar-refractivity contribution in [2.75, 3.05) is 31.1 Å². The van der Waals surface area contributed by atoms with Crippen LogP contribution >= 0.6 is 0 Å². The molecule has 1 aliphatic rings. The molecule has 1 fully saturated rings. The molecule has 0 unspecified atom stereocenters. The highest BCUT2D eigenvalue weighted by Crippen LogP contribution is 2.16. The minimum absolute atomic E-state index is 0.0873. The molecule has 0 spiro atoms. The Balaban J connectivity index is 1.62. The molecule has 116 valence electrons. The van der Waals surface area contributed by atoms with Gasteiger partial charge >= 0.3 is 6.01 Å². The van der Waals surface area contributed by atoms with Gasteiger partial charge in [0.25, 0.3) is 5.91 Å². The lowest BCUT2D eigenvalue weighted by atomic mass is 10.2. The molecule has 0 radical (unpaired) electrons. The first-order valence-corrected chi connectivity index (χ1v) is 7.22. The highest BCUT2D eigenvalue weighted by molar-refractivity contribution is 5.94. The van der Waals surface area contributed by atoms with Crippen LogP contribution in [-0.4, -0.2) is 52.2 Å². The van der Waals surface area contributed by atoms with Gasteiger partial charge in [0.05, 0.1) is 5.56 Å². The summed E-state index contributed by atoms with van der Waals surface area (Å²) in [5.74, 6) is 0.525. The third kappa shape index (κ3) is 2.85. The second-order valence-corrected chi connectivity index (χ2v) is 5.05. The van der Waals surface area contributed by atoms with Crippen molar-refractivity contribution in [3.05, 3.63) is 40.1 Å². The van der Waals surface area contributed by atoms with Gasteiger partial charge in [0.1, 0.15) is 0 Å². The number of hydrogen-bond donors (Lipinski definition) is 1. The zero-order valence-corrected chi connectivity index (χ0v) is 12.3. The number of pyridine rings is 1. The zero-order chi connectivity index (χ0) is 15.5. The first kappa shape index (κ1) is 14.3. The highest BCUT2D eigenvalue weighted by Gasteiger charge is 2.24. The van der Waals surface area contributed by atoms with Crippen LogP contribution in [0.4, 0.5) is 6.01 Å². The molecular formula is C14H17N5O3. The molecule has 1 amide bonds. The smallest absolute Gasteiger partial charge is 0.318 e. The molecule has 2 aromatic heterocycles. The van der Waals surface area contributed by atoms with E-state index in [0.717, 1.165) is 0 Å². The number of aromatic nitrogens is 3. The maximum absolute atomic E-state index is 12.3. The van der Waals surface area contributed by atoms with Gasteiger partial charge in [0.2, 0.25) is 11.4 Å². The number of amides is 1. The average molecular weight is 303 g/mol. The fourth-order valence-corrected chi connectivity index (χ4v) is 2.34. The third-order valence-corrected chi connectivity index (χ3v) is 3.63. The van der Waals surface area contributed by atoms with Crippen molar-refractivity contribution in [3.63, 3.8) is 0 Å². The van der Waals surface area contributed by atoms with Crippen LogP contribution in [0.15, 0.2) is 27.5 Å². The Morgan fingerprint density at radius 2 is 2.05 bits per heavy atom. The van der Waals surface area contributed by atoms with Gasteiger partial charge in [-0.3, -0.25) is 9.59 Å². The van der Waals surface area contributed by atoms with Crippen molar-refractivity contribution < 1.29 is 9.21 Å². The van der Waals surface area contributed by atoms with Gasteiger partial charge in [-0.15, -0.1) is 5.10 Å². The highest BCUT2D eigenvalue weighted by atomic mass is 16.4. The molecule has 0 aliphatic carbocycles. The Bertz CT molecular complexity index is 695. The van der Waals surface area contributed by atoms with Gasteiger partial charge in [-0.05, 0) is 6.07 Å². The van der Waals surface area contributed by atoms with Crippen molar-refractivity contribution in [2.45, 2.75) is 13.3 Å². The van der Waals surface area contributed by atoms with Crippen LogP contribution in [0.25, 0.3) is 0 Å². The van der Waals surface area contributed by atoms with Crippen LogP contribution in [0.2, 0.25) is 0 Å². The van der Waals surface area contributed by atoms with E-state index in [0.29, 0.717) is 50.1 Å². The molecule has 3 rings (SSSR count). The SMILES string of the molecule is CCc1nnc(N2CCN(C(=O)c3ccc(=O)[nH]c3)CC2)o1. The van der Waals surface area contributed by atoms with Crippen LogP contribution in [0.5, 0.6) is 0 Å². The second kappa shape index (κ2) is 6.00. The number of anilines is 1. The molecular weight excluding hydrogens is 286 g/mol. The second-order valence-electron chi connectivity index (χ2n) is 5.05. The number of nitrogens with one attached hydrogen (secondary N) is 1. The molecule has 3 heterocycles. The zero-order valence-electron chi connectivity index (χ0n) is 12.3. The molecule has 1 aliphatic heterocycles. The molecule has 0 aromatic carbocycles. The van der Waals surface area contributed by atoms with E-state index in [1.165, 1.54) is 12.3 Å². The molecule has 0 saturated carbocycles. The number of nitrogens with zero attached hydrogens (tertiary/aromatic N) is 4. The maximum atomic E-state index is 12.3. The summed E-state index contributed by atoms with van der Waals surface area (Å²) in [6.45, 7) is 4.38. The monoisotopic (exact) mass is 303 g/mol. The van der Waals surface area contributed by atoms with Crippen LogP contribution in [0.3, 0.4) is 0 Å². The summed E-state index contributed by atoms with van der Waals surface area (Å²) < 4.78 is 5.53. The van der Waals surface area contributed by atoms with Crippen molar-refractivity contribution in [1.82, 2.24) is 20.1 Å². The van der Waals surface area contributed by atoms with Gasteiger partial charge < -0.3 is 19.2 Å². The van der Waals surface area contributed by atoms with E-state index in [1.54, 1.807) is 11.0 Å². The molecule has 1 saturated heterocycles. The standard InChI is InChI=1S/C14H17N5O3/c1-2-12-16-17-14(22-12)19-7-5-18(6-8-19)13(21)10-3-4-11(20)15-9-10/h3-4,9H,2,5-8H2,1H3,(H,15,20). The summed E-state index contributed by atoms with van der Waals surface area (Å²) in [6, 6.07) is 3.40. The van der Waals surface area contributed by atoms with Gasteiger partial charge in [0, 0.05) is 44.9 Å². The van der Waals surface area contributed by atoms with Gasteiger partial charge in [-0.2, -0.15) is 0 Å². The summed E-state index contributed by atoms with van der Waals surface area (Å²) >= 11 is 0. The molecule has 1 N–H and O–H groups in total. The van der Waals surface area contributed by atoms with E-state index in [-0.39, 0.29) is 11.5 Å². The van der Waals surface area contributed by atoms with Gasteiger partial charge in [0.15, 0.2) is 0 Å². The summed E-state index contributed by atoms with van der Waals surface area (Å²) in [7, 11) is 0. The number of carbonyl (C=O) groups is 1. The normalized spacial score (nSPS) is 15.1. The molecule has 2 aromatic rings. The average Bonchev–Trinajstić information content (AvgIpc) is 3.04. The molecule has 22 heavy (non-hydrogen) atoms. The lowest BCUT2D eigenvalue weighted by molar-refractivity contribution is 0.0744. The van der Waals surface area contributed by atoms with Crippen LogP contribution < -0.4 is 10.5 Å². The molecule has 0 bridgehead atoms. The summed E-state index contributed by atoms with van der Waals surface area (Å²) in [4.78, 5) is 29.6. The predicted octanol–water partition coefficient (Wildman–Crippen LogP) is 0.283. The van der Waals surface area contributed by atoms with E-state index >= 15 is 0 Å². The van der Waals surface area contributed by atoms with Crippen molar-refractivity contribution in [1.29, 1.82) is 0 Å². The Hall–Kier alpha value is -2.64. The Morgan fingerprint density at radius 3 is 2.64 bits per heavy atom. The Morgan fingerprint density at radius 1 is 1.27 bits per heavy atom. The molecule has 8 heteroatoms. The van der Waals surface area contributed by atoms with E-state index in [9.17, 15) is 9.59 Å². The lowest BCUT2D eigenvalue weighted by Crippen LogP contribution is -2.49. The van der Waals surface area contributed by atoms with Gasteiger partial charge in [-0.25, -0.2) is 0 Å². The minimum Gasteiger partial charge on any atom is -0.408 e. The predicted molar refractivity (Wildman–Crippen MR) is 78.9 cm³/mol. The summed E-state index contributed by atoms with van der Waals surface area (Å²) in [5, 5.41) is 7.96. The van der Waals surface area contributed by atoms with Crippen LogP contribution in [-0.2, 0) is 6.42 Å². The molecule has 0 atom stereocenters. The fourth-order valence-electron chi connectivity index (χ4n) is 2.34. The Kier molecular flexibility index (Phi) is 3.90. The van der Waals surface area contributed by atoms with Crippen molar-refractivity contribution in [2.24, 2.45) is 0 Å². The van der Waals surface area contributed by atoms with E-state index in [2.05, 4.69) is 15.2 Å². The summed E-state index contributed by atoms with van der Waals surface area (Å²) in [5.41, 5.74) is 0.267. The fraction of sp³-hybridized carbons (Fsp3) is 0.429. The van der Waals surface area contributed by atoms with Crippen molar-refractivity contribution >= 4 is 11.9 Å². The van der Waals surface area contributed by atoms with Crippen LogP contribution in [0.1, 0.15) is 23.2 Å². The number of carbonyl (C=O) groups excluding carboxylic acids is 1. The number of H-pyrrole nitrogens is 1. The van der Waals surface area contributed by atoms with Crippen LogP contribution in [0, 0.1) is 0 Å². The number of hydrogen-bond acceptors (Lipinski definition) is 6.